The van der Waals surface area contributed by atoms with Gasteiger partial charge >= 0.3 is 6.18 Å². The van der Waals surface area contributed by atoms with Crippen LogP contribution in [0.2, 0.25) is 0 Å². The number of benzene rings is 2. The highest BCUT2D eigenvalue weighted by Crippen LogP contribution is 2.33. The normalized spacial score (nSPS) is 11.2. The molecule has 1 heterocycles. The van der Waals surface area contributed by atoms with Gasteiger partial charge in [-0.25, -0.2) is 0 Å². The van der Waals surface area contributed by atoms with Gasteiger partial charge in [-0.2, -0.15) is 13.2 Å². The average Bonchev–Trinajstić information content (AvgIpc) is 2.68. The van der Waals surface area contributed by atoms with Crippen LogP contribution in [0.4, 0.5) is 18.9 Å². The average molecular weight is 414 g/mol. The van der Waals surface area contributed by atoms with Crippen LogP contribution in [-0.4, -0.2) is 10.9 Å². The summed E-state index contributed by atoms with van der Waals surface area (Å²) in [6.45, 7) is 3.84. The van der Waals surface area contributed by atoms with Crippen molar-refractivity contribution in [3.05, 3.63) is 83.2 Å². The first-order chi connectivity index (χ1) is 14.3. The maximum Gasteiger partial charge on any atom is 0.416 e. The van der Waals surface area contributed by atoms with Gasteiger partial charge in [0.05, 0.1) is 16.8 Å². The van der Waals surface area contributed by atoms with Crippen molar-refractivity contribution in [2.45, 2.75) is 32.9 Å². The number of hydrogen-bond donors (Lipinski definition) is 1. The number of hydrogen-bond acceptors (Lipinski definition) is 3. The minimum Gasteiger partial charge on any atom is -0.457 e. The fraction of sp³-hybridized carbons (Fsp3) is 0.217. The summed E-state index contributed by atoms with van der Waals surface area (Å²) in [5.41, 5.74) is 1.69. The van der Waals surface area contributed by atoms with E-state index in [1.54, 1.807) is 37.3 Å². The Hall–Kier alpha value is -3.35. The van der Waals surface area contributed by atoms with Gasteiger partial charge in [-0.05, 0) is 55.8 Å². The number of aromatic nitrogens is 1. The fourth-order valence-corrected chi connectivity index (χ4v) is 2.96. The summed E-state index contributed by atoms with van der Waals surface area (Å²) in [6, 6.07) is 14.7. The van der Waals surface area contributed by atoms with E-state index in [1.807, 2.05) is 6.07 Å². The van der Waals surface area contributed by atoms with E-state index >= 15 is 0 Å². The molecule has 0 spiro atoms. The van der Waals surface area contributed by atoms with Crippen molar-refractivity contribution < 1.29 is 22.7 Å². The van der Waals surface area contributed by atoms with Gasteiger partial charge < -0.3 is 10.1 Å². The van der Waals surface area contributed by atoms with Crippen molar-refractivity contribution in [3.63, 3.8) is 0 Å². The Bertz CT molecular complexity index is 1050. The summed E-state index contributed by atoms with van der Waals surface area (Å²) < 4.78 is 44.1. The molecule has 0 atom stereocenters. The van der Waals surface area contributed by atoms with Crippen LogP contribution in [0.3, 0.4) is 0 Å². The molecule has 0 radical (unpaired) electrons. The number of nitrogens with one attached hydrogen (secondary N) is 1. The quantitative estimate of drug-likeness (QED) is 0.507. The smallest absolute Gasteiger partial charge is 0.416 e. The summed E-state index contributed by atoms with van der Waals surface area (Å²) in [5.74, 6) is 0.0411. The van der Waals surface area contributed by atoms with Crippen LogP contribution in [0.15, 0.2) is 60.7 Å². The molecule has 7 heteroatoms. The first kappa shape index (κ1) is 21.4. The second kappa shape index (κ2) is 8.98. The monoisotopic (exact) mass is 414 g/mol. The molecule has 3 aromatic rings. The number of carbonyl (C=O) groups excluding carboxylic acids is 1. The van der Waals surface area contributed by atoms with Crippen molar-refractivity contribution in [2.75, 3.05) is 5.32 Å². The number of rotatable bonds is 6. The van der Waals surface area contributed by atoms with Gasteiger partial charge in [-0.1, -0.05) is 25.5 Å². The number of amides is 1. The molecule has 0 saturated heterocycles. The molecule has 0 aliphatic heterocycles. The predicted octanol–water partition coefficient (Wildman–Crippen LogP) is 6.41. The number of halogens is 3. The van der Waals surface area contributed by atoms with Gasteiger partial charge in [0.1, 0.15) is 11.5 Å². The number of nitrogens with zero attached hydrogens (tertiary/aromatic N) is 1. The molecule has 30 heavy (non-hydrogen) atoms. The molecular formula is C23H21F3N2O2. The Labute approximate surface area is 172 Å². The highest BCUT2D eigenvalue weighted by atomic mass is 19.4. The summed E-state index contributed by atoms with van der Waals surface area (Å²) in [5, 5.41) is 2.77. The van der Waals surface area contributed by atoms with Crippen molar-refractivity contribution in [3.8, 4) is 11.5 Å². The van der Waals surface area contributed by atoms with Crippen LogP contribution in [0.25, 0.3) is 0 Å². The first-order valence-electron chi connectivity index (χ1n) is 9.49. The Morgan fingerprint density at radius 3 is 2.40 bits per heavy atom. The van der Waals surface area contributed by atoms with E-state index in [2.05, 4.69) is 17.2 Å². The van der Waals surface area contributed by atoms with E-state index < -0.39 is 11.7 Å². The van der Waals surface area contributed by atoms with E-state index in [4.69, 9.17) is 4.74 Å². The largest absolute Gasteiger partial charge is 0.457 e. The first-order valence-corrected chi connectivity index (χ1v) is 9.49. The van der Waals surface area contributed by atoms with Crippen molar-refractivity contribution in [2.24, 2.45) is 0 Å². The molecule has 0 saturated carbocycles. The minimum atomic E-state index is -4.45. The lowest BCUT2D eigenvalue weighted by Crippen LogP contribution is -2.14. The highest BCUT2D eigenvalue weighted by Gasteiger charge is 2.30. The molecule has 2 aromatic carbocycles. The Kier molecular flexibility index (Phi) is 6.40. The zero-order chi connectivity index (χ0) is 21.7. The SMILES string of the molecule is CCCc1ccc(C(=O)Nc2cccc(Oc3cccc(C(F)(F)F)c3)c2)c(C)n1. The zero-order valence-corrected chi connectivity index (χ0v) is 16.6. The standard InChI is InChI=1S/C23H21F3N2O2/c1-3-6-17-11-12-21(15(2)27-17)22(29)28-18-8-5-10-20(14-18)30-19-9-4-7-16(13-19)23(24,25)26/h4-5,7-14H,3,6H2,1-2H3,(H,28,29). The van der Waals surface area contributed by atoms with E-state index in [0.29, 0.717) is 22.7 Å². The summed E-state index contributed by atoms with van der Waals surface area (Å²) in [7, 11) is 0. The Morgan fingerprint density at radius 2 is 1.73 bits per heavy atom. The zero-order valence-electron chi connectivity index (χ0n) is 16.6. The Morgan fingerprint density at radius 1 is 1.03 bits per heavy atom. The van der Waals surface area contributed by atoms with Crippen molar-refractivity contribution in [1.29, 1.82) is 0 Å². The molecule has 1 amide bonds. The van der Waals surface area contributed by atoms with Crippen LogP contribution < -0.4 is 10.1 Å². The third-order valence-corrected chi connectivity index (χ3v) is 4.38. The number of anilines is 1. The van der Waals surface area contributed by atoms with Gasteiger partial charge in [-0.15, -0.1) is 0 Å². The van der Waals surface area contributed by atoms with Crippen molar-refractivity contribution in [1.82, 2.24) is 4.98 Å². The number of aryl methyl sites for hydroxylation is 2. The van der Waals surface area contributed by atoms with Crippen molar-refractivity contribution >= 4 is 11.6 Å². The lowest BCUT2D eigenvalue weighted by atomic mass is 10.1. The summed E-state index contributed by atoms with van der Waals surface area (Å²) >= 11 is 0. The maximum absolute atomic E-state index is 12.9. The highest BCUT2D eigenvalue weighted by molar-refractivity contribution is 6.05. The minimum absolute atomic E-state index is 0.0554. The topological polar surface area (TPSA) is 51.2 Å². The molecule has 0 unspecified atom stereocenters. The number of ether oxygens (including phenoxy) is 1. The number of carbonyl (C=O) groups is 1. The third kappa shape index (κ3) is 5.37. The molecule has 0 aliphatic rings. The molecular weight excluding hydrogens is 393 g/mol. The molecule has 3 rings (SSSR count). The molecule has 156 valence electrons. The third-order valence-electron chi connectivity index (χ3n) is 4.38. The van der Waals surface area contributed by atoms with Crippen LogP contribution >= 0.6 is 0 Å². The van der Waals surface area contributed by atoms with E-state index in [0.717, 1.165) is 30.7 Å². The second-order valence-corrected chi connectivity index (χ2v) is 6.80. The molecule has 0 aliphatic carbocycles. The van der Waals surface area contributed by atoms with Gasteiger partial charge in [0.2, 0.25) is 0 Å². The summed E-state index contributed by atoms with van der Waals surface area (Å²) in [4.78, 5) is 17.1. The van der Waals surface area contributed by atoms with E-state index in [-0.39, 0.29) is 11.7 Å². The van der Waals surface area contributed by atoms with Gasteiger partial charge in [-0.3, -0.25) is 9.78 Å². The number of alkyl halides is 3. The summed E-state index contributed by atoms with van der Waals surface area (Å²) in [6.07, 6.45) is -2.64. The molecule has 0 fully saturated rings. The Balaban J connectivity index is 1.74. The molecule has 0 bridgehead atoms. The number of pyridine rings is 1. The van der Waals surface area contributed by atoms with Crippen LogP contribution in [0.1, 0.15) is 40.7 Å². The van der Waals surface area contributed by atoms with E-state index in [1.165, 1.54) is 12.1 Å². The lowest BCUT2D eigenvalue weighted by molar-refractivity contribution is -0.137. The van der Waals surface area contributed by atoms with Gasteiger partial charge in [0.15, 0.2) is 0 Å². The maximum atomic E-state index is 12.9. The predicted molar refractivity (Wildman–Crippen MR) is 109 cm³/mol. The molecule has 4 nitrogen and oxygen atoms in total. The second-order valence-electron chi connectivity index (χ2n) is 6.80. The fourth-order valence-electron chi connectivity index (χ4n) is 2.96. The van der Waals surface area contributed by atoms with Crippen LogP contribution in [0.5, 0.6) is 11.5 Å². The van der Waals surface area contributed by atoms with E-state index in [9.17, 15) is 18.0 Å². The van der Waals surface area contributed by atoms with Gasteiger partial charge in [0.25, 0.3) is 5.91 Å². The lowest BCUT2D eigenvalue weighted by Gasteiger charge is -2.12. The van der Waals surface area contributed by atoms with Crippen LogP contribution in [0, 0.1) is 6.92 Å². The van der Waals surface area contributed by atoms with Gasteiger partial charge in [0, 0.05) is 17.4 Å². The molecule has 1 aromatic heterocycles. The molecule has 1 N–H and O–H groups in total. The van der Waals surface area contributed by atoms with Crippen LogP contribution in [-0.2, 0) is 12.6 Å².